The molecule has 0 spiro atoms. The van der Waals surface area contributed by atoms with Crippen LogP contribution in [0.4, 0.5) is 19.1 Å². The van der Waals surface area contributed by atoms with Crippen molar-refractivity contribution in [2.75, 3.05) is 5.32 Å². The molecule has 1 aromatic carbocycles. The fourth-order valence-corrected chi connectivity index (χ4v) is 3.85. The topological polar surface area (TPSA) is 84.1 Å². The molecular formula is C28H40F3N3O3. The van der Waals surface area contributed by atoms with Gasteiger partial charge in [-0.05, 0) is 48.1 Å². The molecule has 2 rings (SSSR count). The molecule has 0 fully saturated rings. The van der Waals surface area contributed by atoms with E-state index < -0.39 is 41.3 Å². The number of nitrogens with one attached hydrogen (secondary N) is 2. The first-order chi connectivity index (χ1) is 17.1. The van der Waals surface area contributed by atoms with Gasteiger partial charge in [0.15, 0.2) is 17.6 Å². The zero-order valence-corrected chi connectivity index (χ0v) is 23.2. The van der Waals surface area contributed by atoms with Crippen LogP contribution in [0.2, 0.25) is 0 Å². The number of aromatic amines is 1. The average molecular weight is 524 g/mol. The Kier molecular flexibility index (Phi) is 9.60. The number of unbranched alkanes of at least 4 members (excludes halogenated alkanes) is 1. The van der Waals surface area contributed by atoms with Gasteiger partial charge >= 0.3 is 6.18 Å². The van der Waals surface area contributed by atoms with Gasteiger partial charge in [-0.3, -0.25) is 14.9 Å². The Morgan fingerprint density at radius 2 is 1.68 bits per heavy atom. The minimum atomic E-state index is -4.82. The Morgan fingerprint density at radius 3 is 2.16 bits per heavy atom. The number of H-pyrrole nitrogens is 1. The van der Waals surface area contributed by atoms with E-state index in [1.165, 1.54) is 5.56 Å². The molecule has 0 aliphatic carbocycles. The van der Waals surface area contributed by atoms with Crippen molar-refractivity contribution in [3.05, 3.63) is 40.7 Å². The number of amides is 1. The lowest BCUT2D eigenvalue weighted by atomic mass is 9.76. The van der Waals surface area contributed by atoms with Gasteiger partial charge in [-0.2, -0.15) is 13.2 Å². The predicted octanol–water partition coefficient (Wildman–Crippen LogP) is 7.58. The molecule has 0 aliphatic rings. The summed E-state index contributed by atoms with van der Waals surface area (Å²) in [7, 11) is 0. The summed E-state index contributed by atoms with van der Waals surface area (Å²) < 4.78 is 46.3. The van der Waals surface area contributed by atoms with Crippen molar-refractivity contribution in [1.29, 1.82) is 0 Å². The Labute approximate surface area is 217 Å². The highest BCUT2D eigenvalue weighted by atomic mass is 19.4. The van der Waals surface area contributed by atoms with Crippen LogP contribution in [0.3, 0.4) is 0 Å². The van der Waals surface area contributed by atoms with Crippen LogP contribution >= 0.6 is 0 Å². The van der Waals surface area contributed by atoms with Crippen LogP contribution in [-0.4, -0.2) is 27.8 Å². The number of benzene rings is 1. The second-order valence-electron chi connectivity index (χ2n) is 10.8. The third-order valence-electron chi connectivity index (χ3n) is 7.20. The highest BCUT2D eigenvalue weighted by Gasteiger charge is 2.38. The lowest BCUT2D eigenvalue weighted by molar-refractivity contribution is -0.141. The summed E-state index contributed by atoms with van der Waals surface area (Å²) in [6, 6.07) is 6.02. The first-order valence-electron chi connectivity index (χ1n) is 12.9. The number of nitrogens with zero attached hydrogens (tertiary/aromatic N) is 1. The number of halogens is 3. The number of rotatable bonds is 12. The number of imidazole rings is 1. The first-order valence-corrected chi connectivity index (χ1v) is 12.9. The van der Waals surface area contributed by atoms with Crippen LogP contribution < -0.4 is 10.1 Å². The van der Waals surface area contributed by atoms with Crippen molar-refractivity contribution in [1.82, 2.24) is 9.97 Å². The fourth-order valence-electron chi connectivity index (χ4n) is 3.85. The highest BCUT2D eigenvalue weighted by Crippen LogP contribution is 2.39. The van der Waals surface area contributed by atoms with E-state index in [0.717, 1.165) is 31.7 Å². The van der Waals surface area contributed by atoms with Gasteiger partial charge in [0.25, 0.3) is 5.91 Å². The van der Waals surface area contributed by atoms with Crippen LogP contribution in [0.15, 0.2) is 18.2 Å². The van der Waals surface area contributed by atoms with Gasteiger partial charge in [0.05, 0.1) is 0 Å². The minimum absolute atomic E-state index is 0.0417. The molecule has 0 saturated carbocycles. The molecule has 2 aromatic rings. The predicted molar refractivity (Wildman–Crippen MR) is 139 cm³/mol. The lowest BCUT2D eigenvalue weighted by Gasteiger charge is -2.31. The molecule has 1 aromatic heterocycles. The number of carbonyl (C=O) groups excluding carboxylic acids is 2. The van der Waals surface area contributed by atoms with E-state index in [9.17, 15) is 22.8 Å². The molecule has 2 N–H and O–H groups in total. The average Bonchev–Trinajstić information content (AvgIpc) is 3.26. The highest BCUT2D eigenvalue weighted by molar-refractivity contribution is 5.96. The van der Waals surface area contributed by atoms with E-state index in [-0.39, 0.29) is 10.8 Å². The Morgan fingerprint density at radius 1 is 1.05 bits per heavy atom. The maximum Gasteiger partial charge on any atom is 0.433 e. The van der Waals surface area contributed by atoms with Crippen LogP contribution in [-0.2, 0) is 21.8 Å². The zero-order valence-electron chi connectivity index (χ0n) is 23.2. The second-order valence-corrected chi connectivity index (χ2v) is 10.8. The number of alkyl halides is 3. The minimum Gasteiger partial charge on any atom is -0.480 e. The summed E-state index contributed by atoms with van der Waals surface area (Å²) in [5, 5.41) is 2.39. The van der Waals surface area contributed by atoms with Gasteiger partial charge in [0.2, 0.25) is 5.95 Å². The second kappa shape index (κ2) is 11.7. The third kappa shape index (κ3) is 7.36. The number of hydrogen-bond donors (Lipinski definition) is 2. The molecule has 9 heteroatoms. The van der Waals surface area contributed by atoms with Crippen LogP contribution in [0.1, 0.15) is 115 Å². The first kappa shape index (κ1) is 30.4. The summed E-state index contributed by atoms with van der Waals surface area (Å²) in [5.74, 6) is -1.37. The number of ether oxygens (including phenoxy) is 1. The number of Topliss-reactive ketones (excluding diaryl/α,β-unsaturated/α-hetero) is 1. The maximum absolute atomic E-state index is 13.3. The number of carbonyl (C=O) groups is 2. The van der Waals surface area contributed by atoms with E-state index in [0.29, 0.717) is 18.6 Å². The molecule has 206 valence electrons. The standard InChI is InChI=1S/C28H40F3N3O3/c1-9-12-13-21(24(36)34-25-32-22(17(4)35)23(33-25)28(29,30)31)37-20-15-14-18(26(5,6)10-2)16-19(20)27(7,8)11-3/h14-16,21H,9-13H2,1-8H3,(H2,32,33,34,36). The van der Waals surface area contributed by atoms with Gasteiger partial charge in [-0.25, -0.2) is 4.98 Å². The fraction of sp³-hybridized carbons (Fsp3) is 0.607. The van der Waals surface area contributed by atoms with Gasteiger partial charge in [-0.15, -0.1) is 0 Å². The Bertz CT molecular complexity index is 1100. The number of aromatic nitrogens is 2. The van der Waals surface area contributed by atoms with Crippen molar-refractivity contribution in [3.8, 4) is 5.75 Å². The molecule has 1 atom stereocenters. The molecule has 0 bridgehead atoms. The molecule has 1 amide bonds. The number of anilines is 1. The summed E-state index contributed by atoms with van der Waals surface area (Å²) in [4.78, 5) is 30.6. The van der Waals surface area contributed by atoms with E-state index >= 15 is 0 Å². The molecule has 1 heterocycles. The SMILES string of the molecule is CCCCC(Oc1ccc(C(C)(C)CC)cc1C(C)(C)CC)C(=O)Nc1nc(C(C)=O)c(C(F)(F)F)[nH]1. The number of ketones is 1. The van der Waals surface area contributed by atoms with Crippen molar-refractivity contribution in [2.24, 2.45) is 0 Å². The van der Waals surface area contributed by atoms with E-state index in [1.54, 1.807) is 0 Å². The van der Waals surface area contributed by atoms with E-state index in [4.69, 9.17) is 4.74 Å². The van der Waals surface area contributed by atoms with Crippen LogP contribution in [0.25, 0.3) is 0 Å². The van der Waals surface area contributed by atoms with Crippen LogP contribution in [0.5, 0.6) is 5.75 Å². The summed E-state index contributed by atoms with van der Waals surface area (Å²) in [6.07, 6.45) is -2.14. The summed E-state index contributed by atoms with van der Waals surface area (Å²) in [5.41, 5.74) is -0.197. The van der Waals surface area contributed by atoms with Gasteiger partial charge in [0, 0.05) is 12.5 Å². The molecule has 0 saturated heterocycles. The maximum atomic E-state index is 13.3. The smallest absolute Gasteiger partial charge is 0.433 e. The number of hydrogen-bond acceptors (Lipinski definition) is 4. The Balaban J connectivity index is 2.45. The van der Waals surface area contributed by atoms with Crippen LogP contribution in [0, 0.1) is 0 Å². The quantitative estimate of drug-likeness (QED) is 0.281. The monoisotopic (exact) mass is 523 g/mol. The van der Waals surface area contributed by atoms with Crippen molar-refractivity contribution < 1.29 is 27.5 Å². The third-order valence-corrected chi connectivity index (χ3v) is 7.20. The van der Waals surface area contributed by atoms with Crippen molar-refractivity contribution in [3.63, 3.8) is 0 Å². The molecule has 1 unspecified atom stereocenters. The molecule has 6 nitrogen and oxygen atoms in total. The van der Waals surface area contributed by atoms with Crippen molar-refractivity contribution in [2.45, 2.75) is 111 Å². The van der Waals surface area contributed by atoms with Gasteiger partial charge < -0.3 is 9.72 Å². The largest absolute Gasteiger partial charge is 0.480 e. The van der Waals surface area contributed by atoms with Crippen molar-refractivity contribution >= 4 is 17.6 Å². The summed E-state index contributed by atoms with van der Waals surface area (Å²) in [6.45, 7) is 15.8. The molecular weight excluding hydrogens is 483 g/mol. The van der Waals surface area contributed by atoms with Gasteiger partial charge in [0.1, 0.15) is 11.4 Å². The van der Waals surface area contributed by atoms with E-state index in [2.05, 4.69) is 57.9 Å². The lowest BCUT2D eigenvalue weighted by Crippen LogP contribution is -2.34. The Hall–Kier alpha value is -2.84. The molecule has 0 radical (unpaired) electrons. The molecule has 0 aliphatic heterocycles. The normalized spacial score (nSPS) is 13.4. The van der Waals surface area contributed by atoms with E-state index in [1.807, 2.05) is 24.0 Å². The zero-order chi connectivity index (χ0) is 28.2. The molecule has 37 heavy (non-hydrogen) atoms. The summed E-state index contributed by atoms with van der Waals surface area (Å²) >= 11 is 0. The van der Waals surface area contributed by atoms with Gasteiger partial charge in [-0.1, -0.05) is 67.0 Å².